The van der Waals surface area contributed by atoms with Crippen LogP contribution in [0.25, 0.3) is 0 Å². The van der Waals surface area contributed by atoms with Gasteiger partial charge in [0, 0.05) is 15.5 Å². The van der Waals surface area contributed by atoms with Crippen LogP contribution in [0.4, 0.5) is 17.1 Å². The van der Waals surface area contributed by atoms with E-state index >= 15 is 0 Å². The molecule has 0 spiro atoms. The van der Waals surface area contributed by atoms with Crippen LogP contribution < -0.4 is 10.2 Å². The zero-order valence-corrected chi connectivity index (χ0v) is 16.6. The van der Waals surface area contributed by atoms with E-state index in [4.69, 9.17) is 0 Å². The molecule has 3 aromatic carbocycles. The second kappa shape index (κ2) is 8.54. The van der Waals surface area contributed by atoms with Gasteiger partial charge in [0.15, 0.2) is 0 Å². The van der Waals surface area contributed by atoms with Crippen LogP contribution in [-0.4, -0.2) is 23.3 Å². The number of anilines is 3. The van der Waals surface area contributed by atoms with Crippen LogP contribution in [0.15, 0.2) is 88.7 Å². The Morgan fingerprint density at radius 3 is 2.00 bits per heavy atom. The fourth-order valence-electron chi connectivity index (χ4n) is 2.99. The summed E-state index contributed by atoms with van der Waals surface area (Å²) in [5, 5.41) is 2.84. The Kier molecular flexibility index (Phi) is 5.69. The lowest BCUT2D eigenvalue weighted by Gasteiger charge is -2.31. The Hall–Kier alpha value is -2.70. The molecule has 28 heavy (non-hydrogen) atoms. The lowest BCUT2D eigenvalue weighted by atomic mass is 10.2. The zero-order valence-electron chi connectivity index (χ0n) is 15.0. The number of hydrogen-bond donors (Lipinski definition) is 1. The van der Waals surface area contributed by atoms with Crippen LogP contribution in [-0.2, 0) is 9.59 Å². The van der Waals surface area contributed by atoms with Crippen molar-refractivity contribution in [2.24, 2.45) is 0 Å². The van der Waals surface area contributed by atoms with Crippen molar-refractivity contribution in [3.8, 4) is 0 Å². The van der Waals surface area contributed by atoms with Crippen molar-refractivity contribution in [3.05, 3.63) is 78.9 Å². The van der Waals surface area contributed by atoms with Gasteiger partial charge in [-0.1, -0.05) is 54.2 Å². The van der Waals surface area contributed by atoms with Crippen LogP contribution in [0.3, 0.4) is 0 Å². The third-order valence-corrected chi connectivity index (χ3v) is 6.25. The van der Waals surface area contributed by atoms with E-state index in [1.165, 1.54) is 11.8 Å². The Balaban J connectivity index is 1.43. The first-order chi connectivity index (χ1) is 13.7. The molecule has 0 aromatic heterocycles. The van der Waals surface area contributed by atoms with Gasteiger partial charge in [-0.25, -0.2) is 0 Å². The first-order valence-electron chi connectivity index (χ1n) is 8.84. The van der Waals surface area contributed by atoms with E-state index in [-0.39, 0.29) is 23.3 Å². The highest BCUT2D eigenvalue weighted by atomic mass is 32.2. The monoisotopic (exact) mass is 406 g/mol. The lowest BCUT2D eigenvalue weighted by molar-refractivity contribution is -0.115. The molecule has 3 aromatic rings. The summed E-state index contributed by atoms with van der Waals surface area (Å²) >= 11 is 2.99. The Bertz CT molecular complexity index is 963. The lowest BCUT2D eigenvalue weighted by Crippen LogP contribution is -2.30. The maximum Gasteiger partial charge on any atom is 0.241 e. The van der Waals surface area contributed by atoms with Gasteiger partial charge in [0.1, 0.15) is 0 Å². The van der Waals surface area contributed by atoms with Crippen molar-refractivity contribution < 1.29 is 9.59 Å². The fourth-order valence-corrected chi connectivity index (χ4v) is 4.71. The third-order valence-electron chi connectivity index (χ3n) is 4.20. The van der Waals surface area contributed by atoms with Crippen molar-refractivity contribution in [3.63, 3.8) is 0 Å². The van der Waals surface area contributed by atoms with E-state index in [2.05, 4.69) is 5.32 Å². The number of fused-ring (bicyclic) bond motifs is 2. The minimum atomic E-state index is -0.112. The summed E-state index contributed by atoms with van der Waals surface area (Å²) in [6.45, 7) is 0. The quantitative estimate of drug-likeness (QED) is 0.634. The van der Waals surface area contributed by atoms with Gasteiger partial charge in [-0.2, -0.15) is 0 Å². The Morgan fingerprint density at radius 2 is 1.36 bits per heavy atom. The van der Waals surface area contributed by atoms with Gasteiger partial charge in [0.2, 0.25) is 11.8 Å². The predicted molar refractivity (Wildman–Crippen MR) is 117 cm³/mol. The van der Waals surface area contributed by atoms with Gasteiger partial charge < -0.3 is 5.32 Å². The molecule has 1 aliphatic rings. The molecule has 0 fully saturated rings. The molecule has 4 nitrogen and oxygen atoms in total. The molecule has 1 N–H and O–H groups in total. The summed E-state index contributed by atoms with van der Waals surface area (Å²) in [5.74, 6) is 0.318. The highest BCUT2D eigenvalue weighted by Gasteiger charge is 2.27. The molecule has 1 heterocycles. The molecule has 2 amide bonds. The van der Waals surface area contributed by atoms with Crippen molar-refractivity contribution in [1.29, 1.82) is 0 Å². The number of nitrogens with zero attached hydrogens (tertiary/aromatic N) is 1. The van der Waals surface area contributed by atoms with Crippen molar-refractivity contribution >= 4 is 52.4 Å². The smallest absolute Gasteiger partial charge is 0.241 e. The molecule has 0 radical (unpaired) electrons. The predicted octanol–water partition coefficient (Wildman–Crippen LogP) is 5.19. The fraction of sp³-hybridized carbons (Fsp3) is 0.0909. The van der Waals surface area contributed by atoms with Crippen molar-refractivity contribution in [1.82, 2.24) is 0 Å². The van der Waals surface area contributed by atoms with Gasteiger partial charge >= 0.3 is 0 Å². The summed E-state index contributed by atoms with van der Waals surface area (Å²) in [6, 6.07) is 25.1. The highest BCUT2D eigenvalue weighted by molar-refractivity contribution is 8.00. The largest absolute Gasteiger partial charge is 0.325 e. The maximum absolute atomic E-state index is 13.0. The molecule has 0 saturated carbocycles. The summed E-state index contributed by atoms with van der Waals surface area (Å²) in [7, 11) is 0. The second-order valence-corrected chi connectivity index (χ2v) is 8.24. The van der Waals surface area contributed by atoms with Gasteiger partial charge in [-0.3, -0.25) is 14.5 Å². The van der Waals surface area contributed by atoms with Crippen LogP contribution >= 0.6 is 23.5 Å². The number of thioether (sulfide) groups is 1. The van der Waals surface area contributed by atoms with Gasteiger partial charge in [0.05, 0.1) is 22.9 Å². The van der Waals surface area contributed by atoms with E-state index in [1.54, 1.807) is 16.7 Å². The summed E-state index contributed by atoms with van der Waals surface area (Å²) in [5.41, 5.74) is 2.55. The number of benzene rings is 3. The molecule has 0 atom stereocenters. The minimum absolute atomic E-state index is 0.0299. The number of carbonyl (C=O) groups excluding carboxylic acids is 2. The highest BCUT2D eigenvalue weighted by Crippen LogP contribution is 2.47. The molecule has 0 saturated heterocycles. The topological polar surface area (TPSA) is 49.4 Å². The zero-order chi connectivity index (χ0) is 19.3. The van der Waals surface area contributed by atoms with Crippen LogP contribution in [0.2, 0.25) is 0 Å². The van der Waals surface area contributed by atoms with E-state index < -0.39 is 0 Å². The molecular formula is C22H18N2O2S2. The maximum atomic E-state index is 13.0. The molecule has 1 aliphatic heterocycles. The number of amides is 2. The summed E-state index contributed by atoms with van der Waals surface area (Å²) in [4.78, 5) is 29.0. The molecule has 4 rings (SSSR count). The molecule has 6 heteroatoms. The SMILES string of the molecule is O=C(CSCC(=O)N1c2ccccc2Sc2ccccc21)Nc1ccccc1. The molecular weight excluding hydrogens is 388 g/mol. The van der Waals surface area contributed by atoms with Gasteiger partial charge in [0.25, 0.3) is 0 Å². The Morgan fingerprint density at radius 1 is 0.786 bits per heavy atom. The van der Waals surface area contributed by atoms with E-state index in [0.717, 1.165) is 26.9 Å². The summed E-state index contributed by atoms with van der Waals surface area (Å²) in [6.07, 6.45) is 0. The standard InChI is InChI=1S/C22H18N2O2S2/c25-21(23-16-8-2-1-3-9-16)14-27-15-22(26)24-17-10-4-6-12-19(17)28-20-13-7-5-11-18(20)24/h1-13H,14-15H2,(H,23,25). The average Bonchev–Trinajstić information content (AvgIpc) is 2.72. The first kappa shape index (κ1) is 18.7. The number of para-hydroxylation sites is 3. The first-order valence-corrected chi connectivity index (χ1v) is 10.8. The third kappa shape index (κ3) is 4.08. The normalized spacial score (nSPS) is 12.1. The number of hydrogen-bond acceptors (Lipinski definition) is 4. The molecule has 140 valence electrons. The van der Waals surface area contributed by atoms with Gasteiger partial charge in [-0.15, -0.1) is 11.8 Å². The van der Waals surface area contributed by atoms with E-state index in [9.17, 15) is 9.59 Å². The van der Waals surface area contributed by atoms with E-state index in [1.807, 2.05) is 78.9 Å². The van der Waals surface area contributed by atoms with Gasteiger partial charge in [-0.05, 0) is 36.4 Å². The van der Waals surface area contributed by atoms with Crippen LogP contribution in [0, 0.1) is 0 Å². The van der Waals surface area contributed by atoms with E-state index in [0.29, 0.717) is 0 Å². The average molecular weight is 407 g/mol. The molecule has 0 aliphatic carbocycles. The Labute approximate surface area is 172 Å². The molecule has 0 bridgehead atoms. The van der Waals surface area contributed by atoms with Crippen molar-refractivity contribution in [2.75, 3.05) is 21.7 Å². The van der Waals surface area contributed by atoms with Crippen molar-refractivity contribution in [2.45, 2.75) is 9.79 Å². The molecule has 0 unspecified atom stereocenters. The van der Waals surface area contributed by atoms with Crippen LogP contribution in [0.5, 0.6) is 0 Å². The minimum Gasteiger partial charge on any atom is -0.325 e. The number of nitrogens with one attached hydrogen (secondary N) is 1. The number of rotatable bonds is 5. The summed E-state index contributed by atoms with van der Waals surface area (Å²) < 4.78 is 0. The van der Waals surface area contributed by atoms with Crippen LogP contribution in [0.1, 0.15) is 0 Å². The number of carbonyl (C=O) groups is 2. The second-order valence-electron chi connectivity index (χ2n) is 6.17.